The minimum Gasteiger partial charge on any atom is -0.456 e. The fraction of sp³-hybridized carbons (Fsp3) is 0. The van der Waals surface area contributed by atoms with E-state index in [1.807, 2.05) is 85.8 Å². The maximum absolute atomic E-state index is 6.06. The molecule has 0 atom stereocenters. The molecule has 0 fully saturated rings. The first kappa shape index (κ1) is 76.6. The van der Waals surface area contributed by atoms with E-state index in [9.17, 15) is 0 Å². The van der Waals surface area contributed by atoms with E-state index in [-0.39, 0.29) is 0 Å². The van der Waals surface area contributed by atoms with Gasteiger partial charge in [0.25, 0.3) is 0 Å². The SMILES string of the molecule is c1cc(-c2cccc(-c3ccc4oc5ccccc5c4c3)c2)cc(-c2cccc(-n3c4ccccc4c4ccncc43)c2)c1.c1cc(-c2cccc(-c3ccc4oc5ccccc5c4c3)c2)cc(-c2cccc(-n3c4ccccc4c4ncccc43)c2)c1.c1cc(-c2cccc(-c3ccc4oc5ccccc5c4c3)c2)cc(-c2cccc(-n3c4ccncc4c4cnccc43)c2)c1. The number of pyridine rings is 4. The third-order valence-corrected chi connectivity index (χ3v) is 25.9. The molecule has 132 heavy (non-hydrogen) atoms. The molecule has 17 aromatic carbocycles. The molecule has 10 aromatic heterocycles. The van der Waals surface area contributed by atoms with E-state index >= 15 is 0 Å². The van der Waals surface area contributed by atoms with Gasteiger partial charge >= 0.3 is 0 Å². The van der Waals surface area contributed by atoms with Crippen LogP contribution in [0.4, 0.5) is 0 Å². The molecule has 10 heteroatoms. The summed E-state index contributed by atoms with van der Waals surface area (Å²) in [7, 11) is 0. The molecule has 0 bridgehead atoms. The highest BCUT2D eigenvalue weighted by Gasteiger charge is 2.21. The smallest absolute Gasteiger partial charge is 0.135 e. The lowest BCUT2D eigenvalue weighted by molar-refractivity contribution is 0.668. The van der Waals surface area contributed by atoms with E-state index in [0.29, 0.717) is 0 Å². The molecule has 0 aliphatic carbocycles. The highest BCUT2D eigenvalue weighted by molar-refractivity contribution is 6.13. The minimum atomic E-state index is 0.912. The molecule has 27 aromatic rings. The summed E-state index contributed by atoms with van der Waals surface area (Å²) in [6.45, 7) is 0. The predicted octanol–water partition coefficient (Wildman–Crippen LogP) is 32.6. The molecule has 0 aliphatic rings. The molecule has 0 unspecified atom stereocenters. The standard InChI is InChI=1S/2C41H26N2O.C40H25N3O/c1-3-17-37-35(16-1)41-38(18-8-22-42-41)43(37)33-14-7-13-31(25-33)29-11-5-9-27(23-29)28-10-6-12-30(24-28)32-20-21-40-36(26-32)34-15-2-4-19-39(34)44-40;1-3-16-38-34(14-1)35-20-21-42-26-39(35)43(38)33-13-7-12-31(24-33)29-10-5-8-27(22-29)28-9-6-11-30(23-28)32-18-19-41-37(25-32)36-15-2-4-17-40(36)44-41;1-2-13-39-33(12-1)34-23-31(14-15-40(34)44-39)29-9-4-7-27(21-29)26-6-3-8-28(20-26)30-10-5-11-32(22-30)43-37-16-18-41-24-35(37)36-25-42-19-17-38(36)43/h2*1-26H;1-25H. The van der Waals surface area contributed by atoms with Crippen molar-refractivity contribution in [3.8, 4) is 117 Å². The number of nitrogens with zero attached hydrogens (tertiary/aromatic N) is 7. The van der Waals surface area contributed by atoms with Crippen molar-refractivity contribution in [3.63, 3.8) is 0 Å². The van der Waals surface area contributed by atoms with Crippen LogP contribution in [0.2, 0.25) is 0 Å². The van der Waals surface area contributed by atoms with Crippen molar-refractivity contribution >= 4 is 131 Å². The van der Waals surface area contributed by atoms with Crippen LogP contribution in [-0.4, -0.2) is 33.6 Å². The van der Waals surface area contributed by atoms with Crippen molar-refractivity contribution in [2.24, 2.45) is 0 Å². The lowest BCUT2D eigenvalue weighted by Gasteiger charge is -2.12. The summed E-state index contributed by atoms with van der Waals surface area (Å²) in [6.07, 6.45) is 13.2. The number of hydrogen-bond donors (Lipinski definition) is 0. The van der Waals surface area contributed by atoms with E-state index in [1.54, 1.807) is 0 Å². The summed E-state index contributed by atoms with van der Waals surface area (Å²) in [5.74, 6) is 0. The van der Waals surface area contributed by atoms with Gasteiger partial charge in [-0.25, -0.2) is 0 Å². The Kier molecular flexibility index (Phi) is 18.7. The van der Waals surface area contributed by atoms with Crippen LogP contribution in [0, 0.1) is 0 Å². The molecule has 10 heterocycles. The summed E-state index contributed by atoms with van der Waals surface area (Å²) in [5.41, 5.74) is 37.9. The molecule has 10 nitrogen and oxygen atoms in total. The molecule has 27 rings (SSSR count). The third kappa shape index (κ3) is 13.7. The van der Waals surface area contributed by atoms with Gasteiger partial charge in [0.2, 0.25) is 0 Å². The van der Waals surface area contributed by atoms with E-state index in [0.717, 1.165) is 138 Å². The van der Waals surface area contributed by atoms with Crippen molar-refractivity contribution in [2.45, 2.75) is 0 Å². The van der Waals surface area contributed by atoms with Crippen LogP contribution in [-0.2, 0) is 0 Å². The van der Waals surface area contributed by atoms with Crippen LogP contribution in [0.1, 0.15) is 0 Å². The fourth-order valence-electron chi connectivity index (χ4n) is 19.6. The van der Waals surface area contributed by atoms with Gasteiger partial charge in [-0.05, 0) is 270 Å². The lowest BCUT2D eigenvalue weighted by Crippen LogP contribution is -1.94. The molecule has 0 saturated carbocycles. The summed E-state index contributed by atoms with van der Waals surface area (Å²) in [6, 6.07) is 151. The zero-order chi connectivity index (χ0) is 87.1. The number of fused-ring (bicyclic) bond motifs is 18. The second-order valence-electron chi connectivity index (χ2n) is 33.7. The van der Waals surface area contributed by atoms with Crippen molar-refractivity contribution in [3.05, 3.63) is 468 Å². The zero-order valence-electron chi connectivity index (χ0n) is 71.3. The van der Waals surface area contributed by atoms with Gasteiger partial charge in [-0.2, -0.15) is 0 Å². The van der Waals surface area contributed by atoms with Crippen LogP contribution in [0.15, 0.2) is 481 Å². The van der Waals surface area contributed by atoms with Crippen molar-refractivity contribution < 1.29 is 13.3 Å². The third-order valence-electron chi connectivity index (χ3n) is 25.9. The Morgan fingerprint density at radius 1 is 0.152 bits per heavy atom. The minimum absolute atomic E-state index is 0.912. The van der Waals surface area contributed by atoms with Crippen LogP contribution < -0.4 is 0 Å². The maximum Gasteiger partial charge on any atom is 0.135 e. The molecule has 618 valence electrons. The van der Waals surface area contributed by atoms with Crippen molar-refractivity contribution in [1.29, 1.82) is 0 Å². The molecular weight excluding hydrogens is 1610 g/mol. The van der Waals surface area contributed by atoms with Crippen molar-refractivity contribution in [2.75, 3.05) is 0 Å². The molecular formula is C122H77N7O3. The number of aromatic nitrogens is 7. The summed E-state index contributed by atoms with van der Waals surface area (Å²) in [5, 5.41) is 12.7. The normalized spacial score (nSPS) is 11.6. The van der Waals surface area contributed by atoms with Gasteiger partial charge in [-0.3, -0.25) is 19.9 Å². The van der Waals surface area contributed by atoms with Gasteiger partial charge in [0.1, 0.15) is 33.5 Å². The van der Waals surface area contributed by atoms with Gasteiger partial charge in [0, 0.05) is 113 Å². The first-order chi connectivity index (χ1) is 65.4. The largest absolute Gasteiger partial charge is 0.456 e. The number of para-hydroxylation sites is 5. The molecule has 0 aliphatic heterocycles. The first-order valence-corrected chi connectivity index (χ1v) is 44.4. The molecule has 0 spiro atoms. The Morgan fingerprint density at radius 2 is 0.417 bits per heavy atom. The average molecular weight is 1690 g/mol. The Morgan fingerprint density at radius 3 is 0.803 bits per heavy atom. The highest BCUT2D eigenvalue weighted by atomic mass is 16.3. The Bertz CT molecular complexity index is 8230. The Hall–Kier alpha value is -17.9. The highest BCUT2D eigenvalue weighted by Crippen LogP contribution is 2.43. The molecule has 0 N–H and O–H groups in total. The molecule has 0 amide bonds. The van der Waals surface area contributed by atoms with Crippen LogP contribution in [0.3, 0.4) is 0 Å². The van der Waals surface area contributed by atoms with E-state index in [2.05, 4.69) is 411 Å². The zero-order valence-corrected chi connectivity index (χ0v) is 71.3. The second kappa shape index (κ2) is 32.2. The fourth-order valence-corrected chi connectivity index (χ4v) is 19.6. The van der Waals surface area contributed by atoms with Gasteiger partial charge in [-0.1, -0.05) is 255 Å². The summed E-state index contributed by atoms with van der Waals surface area (Å²) in [4.78, 5) is 17.9. The second-order valence-corrected chi connectivity index (χ2v) is 33.7. The number of benzene rings is 17. The maximum atomic E-state index is 6.06. The lowest BCUT2D eigenvalue weighted by atomic mass is 9.95. The van der Waals surface area contributed by atoms with Gasteiger partial charge in [-0.15, -0.1) is 0 Å². The van der Waals surface area contributed by atoms with E-state index in [1.165, 1.54) is 111 Å². The average Bonchev–Trinajstić information content (AvgIpc) is 1.60. The summed E-state index contributed by atoms with van der Waals surface area (Å²) < 4.78 is 25.1. The topological polar surface area (TPSA) is 106 Å². The predicted molar refractivity (Wildman–Crippen MR) is 544 cm³/mol. The quantitative estimate of drug-likeness (QED) is 0.120. The Balaban J connectivity index is 0.000000106. The molecule has 0 radical (unpaired) electrons. The number of hydrogen-bond acceptors (Lipinski definition) is 7. The Labute approximate surface area is 758 Å². The van der Waals surface area contributed by atoms with Crippen LogP contribution in [0.5, 0.6) is 0 Å². The van der Waals surface area contributed by atoms with Gasteiger partial charge in [0.15, 0.2) is 0 Å². The van der Waals surface area contributed by atoms with Crippen LogP contribution >= 0.6 is 0 Å². The molecule has 0 saturated heterocycles. The first-order valence-electron chi connectivity index (χ1n) is 44.4. The van der Waals surface area contributed by atoms with Crippen LogP contribution in [0.25, 0.3) is 249 Å². The monoisotopic (exact) mass is 1690 g/mol. The number of furan rings is 3. The number of rotatable bonds is 12. The van der Waals surface area contributed by atoms with Gasteiger partial charge < -0.3 is 27.0 Å². The van der Waals surface area contributed by atoms with E-state index < -0.39 is 0 Å². The van der Waals surface area contributed by atoms with Crippen molar-refractivity contribution in [1.82, 2.24) is 33.6 Å². The van der Waals surface area contributed by atoms with Gasteiger partial charge in [0.05, 0.1) is 44.8 Å². The summed E-state index contributed by atoms with van der Waals surface area (Å²) >= 11 is 0. The van der Waals surface area contributed by atoms with E-state index in [4.69, 9.17) is 18.2 Å².